The highest BCUT2D eigenvalue weighted by molar-refractivity contribution is 5.86. The number of carbonyl (C=O) groups is 2. The Morgan fingerprint density at radius 2 is 2.07 bits per heavy atom. The number of nitrogens with one attached hydrogen (secondary N) is 2. The maximum Gasteiger partial charge on any atom is 0.312 e. The van der Waals surface area contributed by atoms with E-state index in [4.69, 9.17) is 5.73 Å². The van der Waals surface area contributed by atoms with Gasteiger partial charge in [0, 0.05) is 6.54 Å². The topological polar surface area (TPSA) is 104 Å². The largest absolute Gasteiger partial charge is 0.393 e. The number of carbonyl (C=O) groups excluding carboxylic acids is 2. The normalized spacial score (nSPS) is 14.1. The van der Waals surface area contributed by atoms with E-state index in [0.29, 0.717) is 19.4 Å². The molecule has 0 aliphatic rings. The molecule has 0 radical (unpaired) electrons. The van der Waals surface area contributed by atoms with Crippen molar-refractivity contribution >= 4 is 11.9 Å². The van der Waals surface area contributed by atoms with Gasteiger partial charge in [-0.3, -0.25) is 4.79 Å². The fourth-order valence-electron chi connectivity index (χ4n) is 0.998. The first-order chi connectivity index (χ1) is 6.97. The first-order valence-electron chi connectivity index (χ1n) is 4.99. The van der Waals surface area contributed by atoms with E-state index in [2.05, 4.69) is 10.6 Å². The average molecular weight is 217 g/mol. The molecule has 0 saturated heterocycles. The Hall–Kier alpha value is -1.30. The maximum absolute atomic E-state index is 11.3. The summed E-state index contributed by atoms with van der Waals surface area (Å²) in [7, 11) is 0. The zero-order valence-electron chi connectivity index (χ0n) is 9.12. The van der Waals surface area contributed by atoms with Crippen LogP contribution in [0.4, 0.5) is 4.79 Å². The van der Waals surface area contributed by atoms with Gasteiger partial charge in [0.15, 0.2) is 0 Å². The number of urea groups is 1. The lowest BCUT2D eigenvalue weighted by molar-refractivity contribution is -0.122. The predicted octanol–water partition coefficient (Wildman–Crippen LogP) is -0.680. The molecule has 0 rings (SSSR count). The van der Waals surface area contributed by atoms with Gasteiger partial charge < -0.3 is 21.5 Å². The molecule has 0 bridgehead atoms. The third kappa shape index (κ3) is 6.73. The van der Waals surface area contributed by atoms with E-state index in [-0.39, 0.29) is 5.91 Å². The van der Waals surface area contributed by atoms with Crippen LogP contribution in [0.5, 0.6) is 0 Å². The molecular weight excluding hydrogens is 198 g/mol. The van der Waals surface area contributed by atoms with Crippen LogP contribution < -0.4 is 16.4 Å². The van der Waals surface area contributed by atoms with E-state index >= 15 is 0 Å². The van der Waals surface area contributed by atoms with Crippen molar-refractivity contribution in [2.45, 2.75) is 38.8 Å². The summed E-state index contributed by atoms with van der Waals surface area (Å²) in [5.74, 6) is -0.308. The number of rotatable bonds is 6. The van der Waals surface area contributed by atoms with Gasteiger partial charge in [0.25, 0.3) is 0 Å². The number of nitrogens with two attached hydrogens (primary N) is 1. The van der Waals surface area contributed by atoms with Gasteiger partial charge in [-0.2, -0.15) is 0 Å². The molecule has 15 heavy (non-hydrogen) atoms. The Morgan fingerprint density at radius 3 is 2.53 bits per heavy atom. The molecule has 0 aromatic carbocycles. The molecule has 6 nitrogen and oxygen atoms in total. The Kier molecular flexibility index (Phi) is 6.44. The van der Waals surface area contributed by atoms with Crippen LogP contribution in [-0.4, -0.2) is 35.7 Å². The van der Waals surface area contributed by atoms with Crippen LogP contribution in [0.15, 0.2) is 0 Å². The van der Waals surface area contributed by atoms with Crippen LogP contribution in [-0.2, 0) is 4.79 Å². The first-order valence-corrected chi connectivity index (χ1v) is 4.99. The van der Waals surface area contributed by atoms with Crippen LogP contribution in [0.25, 0.3) is 0 Å². The number of aliphatic hydroxyl groups is 1. The SMILES string of the molecule is CCC(O)CCNC(=O)C(C)NC(N)=O. The summed E-state index contributed by atoms with van der Waals surface area (Å²) in [5, 5.41) is 14.1. The van der Waals surface area contributed by atoms with Crippen LogP contribution >= 0.6 is 0 Å². The van der Waals surface area contributed by atoms with Crippen LogP contribution in [0.2, 0.25) is 0 Å². The van der Waals surface area contributed by atoms with E-state index in [1.54, 1.807) is 0 Å². The van der Waals surface area contributed by atoms with Crippen molar-refractivity contribution in [3.8, 4) is 0 Å². The van der Waals surface area contributed by atoms with Crippen LogP contribution in [0, 0.1) is 0 Å². The summed E-state index contributed by atoms with van der Waals surface area (Å²) in [6.45, 7) is 3.79. The van der Waals surface area contributed by atoms with E-state index in [0.717, 1.165) is 0 Å². The van der Waals surface area contributed by atoms with Gasteiger partial charge >= 0.3 is 6.03 Å². The lowest BCUT2D eigenvalue weighted by atomic mass is 10.2. The second-order valence-corrected chi connectivity index (χ2v) is 3.37. The standard InChI is InChI=1S/C9H19N3O3/c1-3-7(13)4-5-11-8(14)6(2)12-9(10)15/h6-7,13H,3-5H2,1-2H3,(H,11,14)(H3,10,12,15). The fraction of sp³-hybridized carbons (Fsp3) is 0.778. The predicted molar refractivity (Wildman–Crippen MR) is 56.1 cm³/mol. The highest BCUT2D eigenvalue weighted by Crippen LogP contribution is 1.94. The highest BCUT2D eigenvalue weighted by atomic mass is 16.3. The Bertz CT molecular complexity index is 221. The van der Waals surface area contributed by atoms with Gasteiger partial charge in [-0.05, 0) is 19.8 Å². The quantitative estimate of drug-likeness (QED) is 0.473. The molecule has 0 aliphatic heterocycles. The van der Waals surface area contributed by atoms with E-state index in [1.807, 2.05) is 6.92 Å². The number of aliphatic hydroxyl groups excluding tert-OH is 1. The Morgan fingerprint density at radius 1 is 1.47 bits per heavy atom. The van der Waals surface area contributed by atoms with Crippen LogP contribution in [0.1, 0.15) is 26.7 Å². The fourth-order valence-corrected chi connectivity index (χ4v) is 0.998. The molecule has 0 spiro atoms. The minimum atomic E-state index is -0.730. The van der Waals surface area contributed by atoms with Gasteiger partial charge in [-0.25, -0.2) is 4.79 Å². The van der Waals surface area contributed by atoms with Gasteiger partial charge in [-0.1, -0.05) is 6.92 Å². The average Bonchev–Trinajstić information content (AvgIpc) is 2.16. The van der Waals surface area contributed by atoms with Crippen molar-refractivity contribution < 1.29 is 14.7 Å². The lowest BCUT2D eigenvalue weighted by Crippen LogP contribution is -2.47. The first kappa shape index (κ1) is 13.7. The van der Waals surface area contributed by atoms with Crippen molar-refractivity contribution in [2.75, 3.05) is 6.54 Å². The third-order valence-corrected chi connectivity index (χ3v) is 2.00. The van der Waals surface area contributed by atoms with Gasteiger partial charge in [0.2, 0.25) is 5.91 Å². The van der Waals surface area contributed by atoms with E-state index in [9.17, 15) is 14.7 Å². The van der Waals surface area contributed by atoms with Crippen LogP contribution in [0.3, 0.4) is 0 Å². The Balaban J connectivity index is 3.69. The van der Waals surface area contributed by atoms with Crippen molar-refractivity contribution in [3.63, 3.8) is 0 Å². The molecule has 3 amide bonds. The summed E-state index contributed by atoms with van der Waals surface area (Å²) < 4.78 is 0. The van der Waals surface area contributed by atoms with Gasteiger partial charge in [-0.15, -0.1) is 0 Å². The summed E-state index contributed by atoms with van der Waals surface area (Å²) in [6.07, 6.45) is 0.765. The smallest absolute Gasteiger partial charge is 0.312 e. The molecule has 2 atom stereocenters. The molecular formula is C9H19N3O3. The lowest BCUT2D eigenvalue weighted by Gasteiger charge is -2.13. The van der Waals surface area contributed by atoms with Crippen molar-refractivity contribution in [1.29, 1.82) is 0 Å². The number of primary amides is 1. The van der Waals surface area contributed by atoms with Gasteiger partial charge in [0.1, 0.15) is 6.04 Å². The second-order valence-electron chi connectivity index (χ2n) is 3.37. The zero-order valence-corrected chi connectivity index (χ0v) is 9.12. The second kappa shape index (κ2) is 7.05. The maximum atomic E-state index is 11.3. The minimum absolute atomic E-state index is 0.308. The van der Waals surface area contributed by atoms with Crippen molar-refractivity contribution in [1.82, 2.24) is 10.6 Å². The summed E-state index contributed by atoms with van der Waals surface area (Å²) in [4.78, 5) is 21.7. The molecule has 0 aliphatic carbocycles. The van der Waals surface area contributed by atoms with Crippen molar-refractivity contribution in [2.24, 2.45) is 5.73 Å². The molecule has 0 aromatic heterocycles. The summed E-state index contributed by atoms with van der Waals surface area (Å²) in [5.41, 5.74) is 4.86. The molecule has 6 heteroatoms. The van der Waals surface area contributed by atoms with E-state index < -0.39 is 18.2 Å². The summed E-state index contributed by atoms with van der Waals surface area (Å²) in [6, 6.07) is -1.38. The van der Waals surface area contributed by atoms with Gasteiger partial charge in [0.05, 0.1) is 6.10 Å². The molecule has 0 fully saturated rings. The zero-order chi connectivity index (χ0) is 11.8. The molecule has 88 valence electrons. The monoisotopic (exact) mass is 217 g/mol. The molecule has 0 heterocycles. The molecule has 0 aromatic rings. The highest BCUT2D eigenvalue weighted by Gasteiger charge is 2.13. The molecule has 0 saturated carbocycles. The van der Waals surface area contributed by atoms with Crippen molar-refractivity contribution in [3.05, 3.63) is 0 Å². The molecule has 5 N–H and O–H groups in total. The number of hydrogen-bond acceptors (Lipinski definition) is 3. The summed E-state index contributed by atoms with van der Waals surface area (Å²) >= 11 is 0. The number of hydrogen-bond donors (Lipinski definition) is 4. The minimum Gasteiger partial charge on any atom is -0.393 e. The third-order valence-electron chi connectivity index (χ3n) is 2.00. The molecule has 2 unspecified atom stereocenters. The number of amides is 3. The Labute approximate surface area is 89.2 Å². The van der Waals surface area contributed by atoms with E-state index in [1.165, 1.54) is 6.92 Å².